The first kappa shape index (κ1) is 34.0. The smallest absolute Gasteiger partial charge is 0.0110 e. The predicted molar refractivity (Wildman–Crippen MR) is 167 cm³/mol. The summed E-state index contributed by atoms with van der Waals surface area (Å²) in [5.74, 6) is 1.93. The number of likely N-dealkylation sites (tertiary alicyclic amines) is 2. The molecule has 4 heterocycles. The van der Waals surface area contributed by atoms with Crippen molar-refractivity contribution in [2.75, 3.05) is 118 Å². The molecule has 0 saturated carbocycles. The molecule has 0 spiro atoms. The summed E-state index contributed by atoms with van der Waals surface area (Å²) < 4.78 is 0. The molecule has 4 rings (SSSR count). The van der Waals surface area contributed by atoms with Gasteiger partial charge in [-0.3, -0.25) is 0 Å². The van der Waals surface area contributed by atoms with Gasteiger partial charge < -0.3 is 29.4 Å². The van der Waals surface area contributed by atoms with Gasteiger partial charge in [-0.1, -0.05) is 41.5 Å². The Morgan fingerprint density at radius 2 is 0.684 bits per heavy atom. The second-order valence-corrected chi connectivity index (χ2v) is 12.0. The van der Waals surface area contributed by atoms with E-state index in [1.54, 1.807) is 0 Å². The zero-order valence-electron chi connectivity index (χ0n) is 26.8. The van der Waals surface area contributed by atoms with Crippen LogP contribution < -0.4 is 0 Å². The van der Waals surface area contributed by atoms with Crippen molar-refractivity contribution in [1.29, 1.82) is 0 Å². The first-order valence-electron chi connectivity index (χ1n) is 17.0. The standard InChI is InChI=1S/2C15H31N3.C2H6/c1-3-7-17-8-5-15(6-9-17)14-18-12-10-16(4-2)11-13-18;1-3-7-17-10-12-18(13-11-17)14-15-5-8-16(4-2)9-6-15;1-2/h2*15H,3-14H2,1-2H3;1-2H3. The third-order valence-electron chi connectivity index (χ3n) is 9.35. The minimum absolute atomic E-state index is 0.963. The van der Waals surface area contributed by atoms with Gasteiger partial charge in [0, 0.05) is 65.4 Å². The predicted octanol–water partition coefficient (Wildman–Crippen LogP) is 4.52. The fraction of sp³-hybridized carbons (Fsp3) is 1.00. The van der Waals surface area contributed by atoms with E-state index < -0.39 is 0 Å². The first-order valence-corrected chi connectivity index (χ1v) is 17.0. The maximum Gasteiger partial charge on any atom is 0.0110 e. The SMILES string of the molecule is CC.CCCN1CCC(CN2CCN(CC)CC2)CC1.CCCN1CCN(CC2CCN(CC)CC2)CC1. The fourth-order valence-corrected chi connectivity index (χ4v) is 6.72. The Morgan fingerprint density at radius 3 is 1.05 bits per heavy atom. The topological polar surface area (TPSA) is 19.4 Å². The Bertz CT molecular complexity index is 480. The Hall–Kier alpha value is -0.240. The Labute approximate surface area is 239 Å². The minimum Gasteiger partial charge on any atom is -0.304 e. The highest BCUT2D eigenvalue weighted by Crippen LogP contribution is 2.20. The fourth-order valence-electron chi connectivity index (χ4n) is 6.72. The largest absolute Gasteiger partial charge is 0.304 e. The molecule has 4 saturated heterocycles. The highest BCUT2D eigenvalue weighted by molar-refractivity contribution is 4.79. The monoisotopic (exact) mass is 537 g/mol. The molecule has 0 bridgehead atoms. The molecule has 0 aliphatic carbocycles. The van der Waals surface area contributed by atoms with Crippen molar-refractivity contribution >= 4 is 0 Å². The van der Waals surface area contributed by atoms with Gasteiger partial charge in [0.1, 0.15) is 0 Å². The lowest BCUT2D eigenvalue weighted by Gasteiger charge is -2.38. The number of piperidine rings is 2. The van der Waals surface area contributed by atoms with Gasteiger partial charge in [-0.25, -0.2) is 0 Å². The van der Waals surface area contributed by atoms with Crippen LogP contribution in [0.4, 0.5) is 0 Å². The average molecular weight is 537 g/mol. The van der Waals surface area contributed by atoms with E-state index in [1.807, 2.05) is 13.8 Å². The number of likely N-dealkylation sites (N-methyl/N-ethyl adjacent to an activating group) is 1. The second-order valence-electron chi connectivity index (χ2n) is 12.0. The summed E-state index contributed by atoms with van der Waals surface area (Å²) in [6.45, 7) is 36.6. The van der Waals surface area contributed by atoms with Crippen molar-refractivity contribution in [1.82, 2.24) is 29.4 Å². The molecule has 0 aromatic heterocycles. The number of nitrogens with zero attached hydrogens (tertiary/aromatic N) is 6. The van der Waals surface area contributed by atoms with E-state index >= 15 is 0 Å². The zero-order chi connectivity index (χ0) is 27.6. The molecule has 4 aliphatic rings. The molecule has 0 unspecified atom stereocenters. The van der Waals surface area contributed by atoms with Gasteiger partial charge in [0.2, 0.25) is 0 Å². The maximum absolute atomic E-state index is 2.71. The summed E-state index contributed by atoms with van der Waals surface area (Å²) in [6, 6.07) is 0. The molecule has 6 heteroatoms. The van der Waals surface area contributed by atoms with Crippen molar-refractivity contribution in [2.45, 2.75) is 80.1 Å². The van der Waals surface area contributed by atoms with Gasteiger partial charge in [0.15, 0.2) is 0 Å². The highest BCUT2D eigenvalue weighted by Gasteiger charge is 2.24. The summed E-state index contributed by atoms with van der Waals surface area (Å²) in [7, 11) is 0. The molecule has 0 radical (unpaired) electrons. The molecule has 226 valence electrons. The van der Waals surface area contributed by atoms with E-state index in [1.165, 1.54) is 156 Å². The number of piperazine rings is 2. The Balaban J connectivity index is 0.000000251. The lowest BCUT2D eigenvalue weighted by atomic mass is 9.96. The Morgan fingerprint density at radius 1 is 0.395 bits per heavy atom. The third kappa shape index (κ3) is 13.0. The molecule has 0 aromatic carbocycles. The molecule has 0 aromatic rings. The van der Waals surface area contributed by atoms with E-state index in [9.17, 15) is 0 Å². The third-order valence-corrected chi connectivity index (χ3v) is 9.35. The van der Waals surface area contributed by atoms with Gasteiger partial charge in [-0.05, 0) is 103 Å². The summed E-state index contributed by atoms with van der Waals surface area (Å²) in [5, 5.41) is 0. The van der Waals surface area contributed by atoms with Crippen molar-refractivity contribution in [3.05, 3.63) is 0 Å². The van der Waals surface area contributed by atoms with Gasteiger partial charge >= 0.3 is 0 Å². The molecule has 38 heavy (non-hydrogen) atoms. The maximum atomic E-state index is 2.71. The molecule has 0 atom stereocenters. The van der Waals surface area contributed by atoms with E-state index in [0.717, 1.165) is 11.8 Å². The van der Waals surface area contributed by atoms with Crippen molar-refractivity contribution in [3.63, 3.8) is 0 Å². The van der Waals surface area contributed by atoms with Crippen LogP contribution in [0.25, 0.3) is 0 Å². The lowest BCUT2D eigenvalue weighted by Crippen LogP contribution is -2.48. The van der Waals surface area contributed by atoms with Crippen LogP contribution >= 0.6 is 0 Å². The van der Waals surface area contributed by atoms with E-state index in [4.69, 9.17) is 0 Å². The molecular weight excluding hydrogens is 468 g/mol. The summed E-state index contributed by atoms with van der Waals surface area (Å²) in [6.07, 6.45) is 8.30. The number of hydrogen-bond donors (Lipinski definition) is 0. The first-order chi connectivity index (χ1) is 18.6. The van der Waals surface area contributed by atoms with Crippen molar-refractivity contribution < 1.29 is 0 Å². The van der Waals surface area contributed by atoms with Gasteiger partial charge in [0.05, 0.1) is 0 Å². The minimum atomic E-state index is 0.963. The molecule has 0 amide bonds. The molecule has 6 nitrogen and oxygen atoms in total. The normalized spacial score (nSPS) is 24.5. The van der Waals surface area contributed by atoms with Gasteiger partial charge in [-0.15, -0.1) is 0 Å². The van der Waals surface area contributed by atoms with Gasteiger partial charge in [-0.2, -0.15) is 0 Å². The Kier molecular flexibility index (Phi) is 18.4. The summed E-state index contributed by atoms with van der Waals surface area (Å²) >= 11 is 0. The van der Waals surface area contributed by atoms with Crippen LogP contribution in [0.3, 0.4) is 0 Å². The van der Waals surface area contributed by atoms with Crippen LogP contribution in [0.1, 0.15) is 80.1 Å². The summed E-state index contributed by atoms with van der Waals surface area (Å²) in [5.41, 5.74) is 0. The molecule has 4 aliphatic heterocycles. The lowest BCUT2D eigenvalue weighted by molar-refractivity contribution is 0.0964. The summed E-state index contributed by atoms with van der Waals surface area (Å²) in [4.78, 5) is 15.8. The highest BCUT2D eigenvalue weighted by atomic mass is 15.3. The van der Waals surface area contributed by atoms with Crippen LogP contribution in [-0.4, -0.2) is 147 Å². The van der Waals surface area contributed by atoms with Crippen LogP contribution in [0.15, 0.2) is 0 Å². The van der Waals surface area contributed by atoms with Crippen molar-refractivity contribution in [2.24, 2.45) is 11.8 Å². The van der Waals surface area contributed by atoms with E-state index in [2.05, 4.69) is 57.1 Å². The second kappa shape index (κ2) is 20.6. The molecule has 0 N–H and O–H groups in total. The number of hydrogen-bond acceptors (Lipinski definition) is 6. The van der Waals surface area contributed by atoms with Gasteiger partial charge in [0.25, 0.3) is 0 Å². The quantitative estimate of drug-likeness (QED) is 0.406. The number of rotatable bonds is 10. The van der Waals surface area contributed by atoms with Crippen LogP contribution in [-0.2, 0) is 0 Å². The molecule has 4 fully saturated rings. The van der Waals surface area contributed by atoms with E-state index in [0.29, 0.717) is 0 Å². The van der Waals surface area contributed by atoms with Crippen LogP contribution in [0, 0.1) is 11.8 Å². The van der Waals surface area contributed by atoms with Crippen molar-refractivity contribution in [3.8, 4) is 0 Å². The van der Waals surface area contributed by atoms with Crippen LogP contribution in [0.2, 0.25) is 0 Å². The zero-order valence-corrected chi connectivity index (χ0v) is 26.8. The average Bonchev–Trinajstić information content (AvgIpc) is 2.98. The molecular formula is C32H68N6. The van der Waals surface area contributed by atoms with E-state index in [-0.39, 0.29) is 0 Å². The van der Waals surface area contributed by atoms with Crippen LogP contribution in [0.5, 0.6) is 0 Å².